The maximum atomic E-state index is 11.9. The first-order valence-corrected chi connectivity index (χ1v) is 7.76. The van der Waals surface area contributed by atoms with Crippen LogP contribution in [-0.4, -0.2) is 36.7 Å². The van der Waals surface area contributed by atoms with Crippen molar-refractivity contribution in [3.05, 3.63) is 0 Å². The molecule has 1 fully saturated rings. The summed E-state index contributed by atoms with van der Waals surface area (Å²) in [7, 11) is 0. The summed E-state index contributed by atoms with van der Waals surface area (Å²) in [6.45, 7) is 9.12. The number of hydrogen-bond donors (Lipinski definition) is 2. The molecule has 2 atom stereocenters. The fourth-order valence-electron chi connectivity index (χ4n) is 2.50. The van der Waals surface area contributed by atoms with E-state index in [0.29, 0.717) is 6.04 Å². The van der Waals surface area contributed by atoms with Gasteiger partial charge in [0.2, 0.25) is 5.91 Å². The molecule has 0 bridgehead atoms. The van der Waals surface area contributed by atoms with E-state index in [4.69, 9.17) is 4.74 Å². The molecule has 0 spiro atoms. The van der Waals surface area contributed by atoms with Gasteiger partial charge in [-0.2, -0.15) is 0 Å². The van der Waals surface area contributed by atoms with Crippen molar-refractivity contribution in [3.63, 3.8) is 0 Å². The second-order valence-electron chi connectivity index (χ2n) is 5.63. The Morgan fingerprint density at radius 3 is 2.37 bits per heavy atom. The molecule has 1 saturated carbocycles. The van der Waals surface area contributed by atoms with Gasteiger partial charge in [0.25, 0.3) is 0 Å². The van der Waals surface area contributed by atoms with Crippen molar-refractivity contribution in [3.8, 4) is 0 Å². The van der Waals surface area contributed by atoms with Gasteiger partial charge in [-0.05, 0) is 52.5 Å². The van der Waals surface area contributed by atoms with Crippen molar-refractivity contribution in [2.45, 2.75) is 84.1 Å². The highest BCUT2D eigenvalue weighted by molar-refractivity contribution is 5.80. The molecule has 0 aromatic carbocycles. The molecule has 1 amide bonds. The summed E-state index contributed by atoms with van der Waals surface area (Å²) in [6, 6.07) is 0.858. The van der Waals surface area contributed by atoms with Crippen LogP contribution in [0.5, 0.6) is 0 Å². The molecule has 19 heavy (non-hydrogen) atoms. The van der Waals surface area contributed by atoms with Gasteiger partial charge in [0.05, 0.1) is 6.10 Å². The standard InChI is InChI=1S/C15H30N2O2/c1-5-11(3)17-15(18)12(4)19-14-9-7-13(8-10-14)16-6-2/h11-14,16H,5-10H2,1-4H3,(H,17,18). The number of nitrogens with one attached hydrogen (secondary N) is 2. The molecular weight excluding hydrogens is 240 g/mol. The highest BCUT2D eigenvalue weighted by Gasteiger charge is 2.25. The zero-order chi connectivity index (χ0) is 14.3. The third kappa shape index (κ3) is 5.91. The van der Waals surface area contributed by atoms with Gasteiger partial charge in [0, 0.05) is 12.1 Å². The van der Waals surface area contributed by atoms with Gasteiger partial charge in [-0.25, -0.2) is 0 Å². The lowest BCUT2D eigenvalue weighted by Crippen LogP contribution is -2.42. The molecule has 1 aliphatic carbocycles. The van der Waals surface area contributed by atoms with E-state index < -0.39 is 0 Å². The van der Waals surface area contributed by atoms with E-state index in [2.05, 4.69) is 24.5 Å². The zero-order valence-corrected chi connectivity index (χ0v) is 12.9. The summed E-state index contributed by atoms with van der Waals surface area (Å²) in [5.41, 5.74) is 0. The quantitative estimate of drug-likeness (QED) is 0.746. The van der Waals surface area contributed by atoms with Gasteiger partial charge in [-0.3, -0.25) is 4.79 Å². The van der Waals surface area contributed by atoms with E-state index in [-0.39, 0.29) is 24.2 Å². The third-order valence-corrected chi connectivity index (χ3v) is 3.93. The SMILES string of the molecule is CCNC1CCC(OC(C)C(=O)NC(C)CC)CC1. The monoisotopic (exact) mass is 270 g/mol. The average molecular weight is 270 g/mol. The number of hydrogen-bond acceptors (Lipinski definition) is 3. The van der Waals surface area contributed by atoms with Crippen molar-refractivity contribution in [2.24, 2.45) is 0 Å². The number of amides is 1. The highest BCUT2D eigenvalue weighted by atomic mass is 16.5. The van der Waals surface area contributed by atoms with Gasteiger partial charge in [-0.1, -0.05) is 13.8 Å². The van der Waals surface area contributed by atoms with Crippen LogP contribution in [0, 0.1) is 0 Å². The van der Waals surface area contributed by atoms with Crippen LogP contribution in [0.15, 0.2) is 0 Å². The van der Waals surface area contributed by atoms with E-state index in [0.717, 1.165) is 38.6 Å². The summed E-state index contributed by atoms with van der Waals surface area (Å²) in [5.74, 6) is 0.0168. The lowest BCUT2D eigenvalue weighted by molar-refractivity contribution is -0.137. The Kier molecular flexibility index (Phi) is 7.39. The topological polar surface area (TPSA) is 50.4 Å². The van der Waals surface area contributed by atoms with Crippen LogP contribution in [0.3, 0.4) is 0 Å². The van der Waals surface area contributed by atoms with Crippen LogP contribution in [0.2, 0.25) is 0 Å². The molecular formula is C15H30N2O2. The highest BCUT2D eigenvalue weighted by Crippen LogP contribution is 2.22. The average Bonchev–Trinajstić information content (AvgIpc) is 2.41. The first-order valence-electron chi connectivity index (χ1n) is 7.76. The second-order valence-corrected chi connectivity index (χ2v) is 5.63. The number of ether oxygens (including phenoxy) is 1. The van der Waals surface area contributed by atoms with Crippen molar-refractivity contribution in [1.29, 1.82) is 0 Å². The molecule has 4 nitrogen and oxygen atoms in total. The van der Waals surface area contributed by atoms with Gasteiger partial charge >= 0.3 is 0 Å². The van der Waals surface area contributed by atoms with Crippen molar-refractivity contribution in [1.82, 2.24) is 10.6 Å². The molecule has 0 radical (unpaired) electrons. The normalized spacial score (nSPS) is 26.7. The van der Waals surface area contributed by atoms with Crippen LogP contribution >= 0.6 is 0 Å². The van der Waals surface area contributed by atoms with E-state index in [9.17, 15) is 4.79 Å². The molecule has 1 aliphatic rings. The Labute approximate surface area is 117 Å². The molecule has 1 rings (SSSR count). The van der Waals surface area contributed by atoms with Crippen molar-refractivity contribution >= 4 is 5.91 Å². The molecule has 4 heteroatoms. The Morgan fingerprint density at radius 1 is 1.21 bits per heavy atom. The minimum absolute atomic E-state index is 0.0168. The first-order chi connectivity index (χ1) is 9.06. The van der Waals surface area contributed by atoms with E-state index in [1.54, 1.807) is 0 Å². The van der Waals surface area contributed by atoms with Gasteiger partial charge < -0.3 is 15.4 Å². The van der Waals surface area contributed by atoms with Crippen LogP contribution in [-0.2, 0) is 9.53 Å². The van der Waals surface area contributed by atoms with Gasteiger partial charge in [-0.15, -0.1) is 0 Å². The summed E-state index contributed by atoms with van der Waals surface area (Å²) in [6.07, 6.45) is 5.27. The summed E-state index contributed by atoms with van der Waals surface area (Å²) >= 11 is 0. The Bertz CT molecular complexity index is 263. The largest absolute Gasteiger partial charge is 0.365 e. The van der Waals surface area contributed by atoms with E-state index in [1.807, 2.05) is 13.8 Å². The predicted octanol–water partition coefficient (Wildman–Crippen LogP) is 2.23. The number of carbonyl (C=O) groups is 1. The van der Waals surface area contributed by atoms with Gasteiger partial charge in [0.1, 0.15) is 6.10 Å². The van der Waals surface area contributed by atoms with Crippen LogP contribution in [0.4, 0.5) is 0 Å². The fraction of sp³-hybridized carbons (Fsp3) is 0.933. The summed E-state index contributed by atoms with van der Waals surface area (Å²) in [4.78, 5) is 11.9. The van der Waals surface area contributed by atoms with Crippen LogP contribution in [0.25, 0.3) is 0 Å². The zero-order valence-electron chi connectivity index (χ0n) is 12.9. The van der Waals surface area contributed by atoms with Crippen LogP contribution in [0.1, 0.15) is 59.8 Å². The molecule has 0 saturated heterocycles. The summed E-state index contributed by atoms with van der Waals surface area (Å²) < 4.78 is 5.89. The second kappa shape index (κ2) is 8.54. The third-order valence-electron chi connectivity index (χ3n) is 3.93. The number of rotatable bonds is 7. The Morgan fingerprint density at radius 2 is 1.84 bits per heavy atom. The smallest absolute Gasteiger partial charge is 0.249 e. The Balaban J connectivity index is 2.26. The molecule has 0 heterocycles. The van der Waals surface area contributed by atoms with Crippen molar-refractivity contribution < 1.29 is 9.53 Å². The summed E-state index contributed by atoms with van der Waals surface area (Å²) in [5, 5.41) is 6.45. The lowest BCUT2D eigenvalue weighted by atomic mass is 9.93. The van der Waals surface area contributed by atoms with E-state index >= 15 is 0 Å². The maximum absolute atomic E-state index is 11.9. The molecule has 0 aliphatic heterocycles. The maximum Gasteiger partial charge on any atom is 0.249 e. The molecule has 2 N–H and O–H groups in total. The number of carbonyl (C=O) groups excluding carboxylic acids is 1. The van der Waals surface area contributed by atoms with E-state index in [1.165, 1.54) is 0 Å². The van der Waals surface area contributed by atoms with Gasteiger partial charge in [0.15, 0.2) is 0 Å². The molecule has 0 aromatic rings. The minimum Gasteiger partial charge on any atom is -0.365 e. The fourth-order valence-corrected chi connectivity index (χ4v) is 2.50. The Hall–Kier alpha value is -0.610. The van der Waals surface area contributed by atoms with Crippen molar-refractivity contribution in [2.75, 3.05) is 6.54 Å². The molecule has 2 unspecified atom stereocenters. The van der Waals surface area contributed by atoms with Crippen LogP contribution < -0.4 is 10.6 Å². The minimum atomic E-state index is -0.338. The first kappa shape index (κ1) is 16.4. The molecule has 0 aromatic heterocycles. The lowest BCUT2D eigenvalue weighted by Gasteiger charge is -2.30. The molecule has 112 valence electrons. The predicted molar refractivity (Wildman–Crippen MR) is 78.2 cm³/mol.